The number of hydrazine groups is 1. The molecule has 0 saturated carbocycles. The highest BCUT2D eigenvalue weighted by atomic mass is 16.5. The van der Waals surface area contributed by atoms with Crippen molar-refractivity contribution in [2.45, 2.75) is 33.1 Å². The summed E-state index contributed by atoms with van der Waals surface area (Å²) in [6.45, 7) is 3.90. The minimum Gasteiger partial charge on any atom is -0.497 e. The smallest absolute Gasteiger partial charge is 0.238 e. The fourth-order valence-electron chi connectivity index (χ4n) is 1.67. The number of hydrogen-bond acceptors (Lipinski definition) is 3. The van der Waals surface area contributed by atoms with Gasteiger partial charge in [0.1, 0.15) is 5.75 Å². The third kappa shape index (κ3) is 6.22. The zero-order valence-corrected chi connectivity index (χ0v) is 12.2. The standard InChI is InChI=1S/C15H22N2O3/c1-11(2)10-15(19)17-16-14(18)9-6-12-4-7-13(20-3)8-5-12/h4-5,7-8,11H,6,9-10H2,1-3H3,(H,16,18)(H,17,19). The number of ether oxygens (including phenoxy) is 1. The van der Waals surface area contributed by atoms with Crippen LogP contribution in [0.2, 0.25) is 0 Å². The minimum absolute atomic E-state index is 0.169. The first-order chi connectivity index (χ1) is 9.51. The van der Waals surface area contributed by atoms with Crippen LogP contribution in [0.1, 0.15) is 32.3 Å². The molecule has 2 N–H and O–H groups in total. The molecule has 1 rings (SSSR count). The predicted octanol–water partition coefficient (Wildman–Crippen LogP) is 1.82. The molecule has 0 radical (unpaired) electrons. The molecule has 0 heterocycles. The summed E-state index contributed by atoms with van der Waals surface area (Å²) in [6, 6.07) is 7.56. The van der Waals surface area contributed by atoms with Gasteiger partial charge in [-0.1, -0.05) is 26.0 Å². The van der Waals surface area contributed by atoms with E-state index in [1.54, 1.807) is 7.11 Å². The van der Waals surface area contributed by atoms with Gasteiger partial charge in [0.2, 0.25) is 11.8 Å². The predicted molar refractivity (Wildman–Crippen MR) is 77.1 cm³/mol. The van der Waals surface area contributed by atoms with Crippen LogP contribution in [-0.2, 0) is 16.0 Å². The minimum atomic E-state index is -0.196. The van der Waals surface area contributed by atoms with Crippen LogP contribution in [0.5, 0.6) is 5.75 Å². The first kappa shape index (κ1) is 16.0. The van der Waals surface area contributed by atoms with Crippen molar-refractivity contribution in [1.82, 2.24) is 10.9 Å². The topological polar surface area (TPSA) is 67.4 Å². The highest BCUT2D eigenvalue weighted by Crippen LogP contribution is 2.12. The van der Waals surface area contributed by atoms with Crippen molar-refractivity contribution in [1.29, 1.82) is 0 Å². The number of carbonyl (C=O) groups is 2. The number of hydrogen-bond donors (Lipinski definition) is 2. The number of rotatable bonds is 6. The van der Waals surface area contributed by atoms with Gasteiger partial charge in [0.25, 0.3) is 0 Å². The Balaban J connectivity index is 2.27. The van der Waals surface area contributed by atoms with Crippen molar-refractivity contribution < 1.29 is 14.3 Å². The molecule has 0 aliphatic heterocycles. The molecule has 2 amide bonds. The summed E-state index contributed by atoms with van der Waals surface area (Å²) in [5.74, 6) is 0.695. The molecule has 1 aromatic rings. The van der Waals surface area contributed by atoms with Gasteiger partial charge >= 0.3 is 0 Å². The molecule has 5 heteroatoms. The molecule has 0 unspecified atom stereocenters. The van der Waals surface area contributed by atoms with Gasteiger partial charge < -0.3 is 4.74 Å². The van der Waals surface area contributed by atoms with Gasteiger partial charge in [-0.15, -0.1) is 0 Å². The lowest BCUT2D eigenvalue weighted by Gasteiger charge is -2.09. The monoisotopic (exact) mass is 278 g/mol. The molecule has 110 valence electrons. The molecule has 0 spiro atoms. The second kappa shape index (κ2) is 8.19. The van der Waals surface area contributed by atoms with E-state index in [2.05, 4.69) is 10.9 Å². The van der Waals surface area contributed by atoms with E-state index in [9.17, 15) is 9.59 Å². The summed E-state index contributed by atoms with van der Waals surface area (Å²) in [7, 11) is 1.61. The van der Waals surface area contributed by atoms with E-state index < -0.39 is 0 Å². The molecule has 0 bridgehead atoms. The van der Waals surface area contributed by atoms with Crippen LogP contribution >= 0.6 is 0 Å². The lowest BCUT2D eigenvalue weighted by Crippen LogP contribution is -2.42. The quantitative estimate of drug-likeness (QED) is 0.780. The normalized spacial score (nSPS) is 10.2. The van der Waals surface area contributed by atoms with Crippen LogP contribution in [0.15, 0.2) is 24.3 Å². The van der Waals surface area contributed by atoms with E-state index in [1.807, 2.05) is 38.1 Å². The van der Waals surface area contributed by atoms with E-state index in [-0.39, 0.29) is 17.7 Å². The van der Waals surface area contributed by atoms with Crippen LogP contribution < -0.4 is 15.6 Å². The van der Waals surface area contributed by atoms with Crippen molar-refractivity contribution in [2.24, 2.45) is 5.92 Å². The van der Waals surface area contributed by atoms with Gasteiger partial charge in [0, 0.05) is 12.8 Å². The first-order valence-corrected chi connectivity index (χ1v) is 6.72. The van der Waals surface area contributed by atoms with Crippen molar-refractivity contribution in [2.75, 3.05) is 7.11 Å². The van der Waals surface area contributed by atoms with Gasteiger partial charge in [-0.25, -0.2) is 0 Å². The number of nitrogens with one attached hydrogen (secondary N) is 2. The van der Waals surface area contributed by atoms with Crippen LogP contribution in [0, 0.1) is 5.92 Å². The summed E-state index contributed by atoms with van der Waals surface area (Å²) >= 11 is 0. The molecule has 0 aliphatic rings. The van der Waals surface area contributed by atoms with E-state index in [0.29, 0.717) is 19.3 Å². The summed E-state index contributed by atoms with van der Waals surface area (Å²) < 4.78 is 5.06. The maximum absolute atomic E-state index is 11.6. The maximum Gasteiger partial charge on any atom is 0.238 e. The molecule has 5 nitrogen and oxygen atoms in total. The third-order valence-electron chi connectivity index (χ3n) is 2.73. The van der Waals surface area contributed by atoms with Crippen LogP contribution in [0.4, 0.5) is 0 Å². The van der Waals surface area contributed by atoms with Crippen LogP contribution in [-0.4, -0.2) is 18.9 Å². The Kier molecular flexibility index (Phi) is 6.56. The number of methoxy groups -OCH3 is 1. The van der Waals surface area contributed by atoms with Gasteiger partial charge in [-0.3, -0.25) is 20.4 Å². The second-order valence-corrected chi connectivity index (χ2v) is 5.04. The van der Waals surface area contributed by atoms with Crippen molar-refractivity contribution in [3.63, 3.8) is 0 Å². The van der Waals surface area contributed by atoms with Crippen molar-refractivity contribution in [3.05, 3.63) is 29.8 Å². The highest BCUT2D eigenvalue weighted by Gasteiger charge is 2.07. The average molecular weight is 278 g/mol. The number of aryl methyl sites for hydroxylation is 1. The third-order valence-corrected chi connectivity index (χ3v) is 2.73. The number of carbonyl (C=O) groups excluding carboxylic acids is 2. The zero-order chi connectivity index (χ0) is 15.0. The number of benzene rings is 1. The first-order valence-electron chi connectivity index (χ1n) is 6.72. The zero-order valence-electron chi connectivity index (χ0n) is 12.2. The summed E-state index contributed by atoms with van der Waals surface area (Å²) in [5.41, 5.74) is 5.88. The fourth-order valence-corrected chi connectivity index (χ4v) is 1.67. The molecule has 0 fully saturated rings. The molecule has 20 heavy (non-hydrogen) atoms. The van der Waals surface area contributed by atoms with Crippen molar-refractivity contribution >= 4 is 11.8 Å². The van der Waals surface area contributed by atoms with Gasteiger partial charge in [-0.2, -0.15) is 0 Å². The summed E-state index contributed by atoms with van der Waals surface area (Å²) in [4.78, 5) is 22.9. The molecule has 1 aromatic carbocycles. The molecular formula is C15H22N2O3. The van der Waals surface area contributed by atoms with E-state index in [1.165, 1.54) is 0 Å². The Morgan fingerprint density at radius 2 is 1.70 bits per heavy atom. The van der Waals surface area contributed by atoms with Crippen molar-refractivity contribution in [3.8, 4) is 5.75 Å². The van der Waals surface area contributed by atoms with Gasteiger partial charge in [-0.05, 0) is 30.0 Å². The Morgan fingerprint density at radius 1 is 1.10 bits per heavy atom. The van der Waals surface area contributed by atoms with Crippen LogP contribution in [0.3, 0.4) is 0 Å². The largest absolute Gasteiger partial charge is 0.497 e. The SMILES string of the molecule is COc1ccc(CCC(=O)NNC(=O)CC(C)C)cc1. The maximum atomic E-state index is 11.6. The molecule has 0 saturated heterocycles. The second-order valence-electron chi connectivity index (χ2n) is 5.04. The summed E-state index contributed by atoms with van der Waals surface area (Å²) in [6.07, 6.45) is 1.35. The molecular weight excluding hydrogens is 256 g/mol. The Hall–Kier alpha value is -2.04. The Bertz CT molecular complexity index is 441. The lowest BCUT2D eigenvalue weighted by molar-refractivity contribution is -0.129. The fraction of sp³-hybridized carbons (Fsp3) is 0.467. The number of amides is 2. The lowest BCUT2D eigenvalue weighted by atomic mass is 10.1. The molecule has 0 aromatic heterocycles. The molecule has 0 aliphatic carbocycles. The Morgan fingerprint density at radius 3 is 2.25 bits per heavy atom. The van der Waals surface area contributed by atoms with E-state index in [4.69, 9.17) is 4.74 Å². The summed E-state index contributed by atoms with van der Waals surface area (Å²) in [5, 5.41) is 0. The van der Waals surface area contributed by atoms with Crippen LogP contribution in [0.25, 0.3) is 0 Å². The van der Waals surface area contributed by atoms with E-state index in [0.717, 1.165) is 11.3 Å². The Labute approximate surface area is 119 Å². The highest BCUT2D eigenvalue weighted by molar-refractivity contribution is 5.82. The molecule has 0 atom stereocenters. The average Bonchev–Trinajstić information content (AvgIpc) is 2.42. The van der Waals surface area contributed by atoms with E-state index >= 15 is 0 Å². The van der Waals surface area contributed by atoms with Gasteiger partial charge in [0.15, 0.2) is 0 Å². The van der Waals surface area contributed by atoms with Gasteiger partial charge in [0.05, 0.1) is 7.11 Å².